The van der Waals surface area contributed by atoms with Crippen LogP contribution in [0.4, 0.5) is 0 Å². The van der Waals surface area contributed by atoms with Crippen molar-refractivity contribution in [3.8, 4) is 0 Å². The molecule has 1 aromatic heterocycles. The average Bonchev–Trinajstić information content (AvgIpc) is 2.74. The molecule has 0 amide bonds. The number of aromatic nitrogens is 1. The predicted octanol–water partition coefficient (Wildman–Crippen LogP) is 2.15. The Morgan fingerprint density at radius 2 is 2.00 bits per heavy atom. The summed E-state index contributed by atoms with van der Waals surface area (Å²) in [7, 11) is -2.96. The molecule has 18 heavy (non-hydrogen) atoms. The number of hydrogen-bond donors (Lipinski definition) is 0. The van der Waals surface area contributed by atoms with Crippen molar-refractivity contribution in [3.05, 3.63) is 24.0 Å². The Morgan fingerprint density at radius 3 is 2.56 bits per heavy atom. The van der Waals surface area contributed by atoms with Gasteiger partial charge in [-0.1, -0.05) is 20.8 Å². The number of carbonyl (C=O) groups is 1. The van der Waals surface area contributed by atoms with Gasteiger partial charge in [-0.05, 0) is 12.5 Å². The van der Waals surface area contributed by atoms with Crippen LogP contribution in [0.1, 0.15) is 37.6 Å². The lowest BCUT2D eigenvalue weighted by molar-refractivity contribution is 0.0939. The van der Waals surface area contributed by atoms with Gasteiger partial charge in [0.05, 0.1) is 5.75 Å². The van der Waals surface area contributed by atoms with E-state index in [-0.39, 0.29) is 23.2 Å². The summed E-state index contributed by atoms with van der Waals surface area (Å²) in [5.74, 6) is 0.409. The zero-order valence-electron chi connectivity index (χ0n) is 11.2. The van der Waals surface area contributed by atoms with Gasteiger partial charge in [0.1, 0.15) is 0 Å². The topological polar surface area (TPSA) is 56.1 Å². The molecule has 0 radical (unpaired) electrons. The minimum atomic E-state index is -2.96. The summed E-state index contributed by atoms with van der Waals surface area (Å²) < 4.78 is 24.9. The molecule has 1 rings (SSSR count). The molecule has 1 aromatic rings. The molecule has 0 bridgehead atoms. The summed E-state index contributed by atoms with van der Waals surface area (Å²) in [6, 6.07) is 1.74. The number of aryl methyl sites for hydroxylation is 1. The summed E-state index contributed by atoms with van der Waals surface area (Å²) in [6.07, 6.45) is 4.13. The molecule has 0 aromatic carbocycles. The van der Waals surface area contributed by atoms with Gasteiger partial charge in [-0.2, -0.15) is 0 Å². The number of rotatable bonds is 7. The van der Waals surface area contributed by atoms with Gasteiger partial charge in [-0.15, -0.1) is 0 Å². The molecule has 0 aliphatic rings. The zero-order chi connectivity index (χ0) is 13.8. The third-order valence-electron chi connectivity index (χ3n) is 2.73. The van der Waals surface area contributed by atoms with Gasteiger partial charge < -0.3 is 4.57 Å². The van der Waals surface area contributed by atoms with Gasteiger partial charge in [0, 0.05) is 36.2 Å². The van der Waals surface area contributed by atoms with Crippen molar-refractivity contribution in [3.63, 3.8) is 0 Å². The largest absolute Gasteiger partial charge is 0.352 e. The fraction of sp³-hybridized carbons (Fsp3) is 0.615. The minimum absolute atomic E-state index is 0.0373. The van der Waals surface area contributed by atoms with Crippen molar-refractivity contribution in [2.45, 2.75) is 33.7 Å². The Balaban J connectivity index is 2.63. The molecule has 0 aliphatic carbocycles. The molecule has 0 N–H and O–H groups in total. The first-order valence-electron chi connectivity index (χ1n) is 6.26. The Bertz CT molecular complexity index is 500. The third-order valence-corrected chi connectivity index (χ3v) is 4.57. The fourth-order valence-electron chi connectivity index (χ4n) is 1.72. The van der Waals surface area contributed by atoms with Crippen LogP contribution >= 0.6 is 0 Å². The molecule has 0 atom stereocenters. The highest BCUT2D eigenvalue weighted by atomic mass is 32.2. The lowest BCUT2D eigenvalue weighted by Gasteiger charge is -2.04. The first-order chi connectivity index (χ1) is 8.35. The predicted molar refractivity (Wildman–Crippen MR) is 72.5 cm³/mol. The molecule has 0 saturated heterocycles. The van der Waals surface area contributed by atoms with Crippen molar-refractivity contribution < 1.29 is 13.2 Å². The SMILES string of the molecule is CCCS(=O)(=O)CCn1ccc(C(=O)C(C)C)c1. The van der Waals surface area contributed by atoms with Crippen LogP contribution in [0.3, 0.4) is 0 Å². The van der Waals surface area contributed by atoms with Gasteiger partial charge in [-0.3, -0.25) is 4.79 Å². The van der Waals surface area contributed by atoms with Gasteiger partial charge in [-0.25, -0.2) is 8.42 Å². The number of ketones is 1. The lowest BCUT2D eigenvalue weighted by Crippen LogP contribution is -2.15. The smallest absolute Gasteiger partial charge is 0.166 e. The van der Waals surface area contributed by atoms with Crippen LogP contribution in [0, 0.1) is 5.92 Å². The lowest BCUT2D eigenvalue weighted by atomic mass is 10.0. The highest BCUT2D eigenvalue weighted by Crippen LogP contribution is 2.09. The highest BCUT2D eigenvalue weighted by molar-refractivity contribution is 7.91. The summed E-state index contributed by atoms with van der Waals surface area (Å²) >= 11 is 0. The van der Waals surface area contributed by atoms with Gasteiger partial charge in [0.25, 0.3) is 0 Å². The average molecular weight is 271 g/mol. The molecule has 0 unspecified atom stereocenters. The first-order valence-corrected chi connectivity index (χ1v) is 8.08. The van der Waals surface area contributed by atoms with Crippen LogP contribution in [-0.4, -0.2) is 30.3 Å². The van der Waals surface area contributed by atoms with Crippen molar-refractivity contribution in [1.29, 1.82) is 0 Å². The quantitative estimate of drug-likeness (QED) is 0.714. The van der Waals surface area contributed by atoms with E-state index in [1.807, 2.05) is 20.8 Å². The summed E-state index contributed by atoms with van der Waals surface area (Å²) in [5, 5.41) is 0. The van der Waals surface area contributed by atoms with Crippen LogP contribution in [0.15, 0.2) is 18.5 Å². The van der Waals surface area contributed by atoms with Crippen molar-refractivity contribution in [2.75, 3.05) is 11.5 Å². The number of carbonyl (C=O) groups excluding carboxylic acids is 1. The Hall–Kier alpha value is -1.10. The van der Waals surface area contributed by atoms with Crippen LogP contribution in [0.5, 0.6) is 0 Å². The molecule has 102 valence electrons. The third kappa shape index (κ3) is 4.29. The fourth-order valence-corrected chi connectivity index (χ4v) is 3.03. The highest BCUT2D eigenvalue weighted by Gasteiger charge is 2.13. The van der Waals surface area contributed by atoms with E-state index in [4.69, 9.17) is 0 Å². The van der Waals surface area contributed by atoms with E-state index in [1.165, 1.54) is 0 Å². The van der Waals surface area contributed by atoms with Crippen LogP contribution in [0.25, 0.3) is 0 Å². The summed E-state index contributed by atoms with van der Waals surface area (Å²) in [5.41, 5.74) is 0.651. The van der Waals surface area contributed by atoms with Gasteiger partial charge in [0.2, 0.25) is 0 Å². The first kappa shape index (κ1) is 15.0. The van der Waals surface area contributed by atoms with Gasteiger partial charge in [0.15, 0.2) is 15.6 Å². The van der Waals surface area contributed by atoms with Crippen LogP contribution in [-0.2, 0) is 16.4 Å². The van der Waals surface area contributed by atoms with E-state index in [0.29, 0.717) is 18.5 Å². The molecular formula is C13H21NO3S. The minimum Gasteiger partial charge on any atom is -0.352 e. The standard InChI is InChI=1S/C13H21NO3S/c1-4-8-18(16,17)9-7-14-6-5-12(10-14)13(15)11(2)3/h5-6,10-11H,4,7-9H2,1-3H3. The molecule has 0 saturated carbocycles. The molecule has 4 nitrogen and oxygen atoms in total. The normalized spacial score (nSPS) is 12.0. The summed E-state index contributed by atoms with van der Waals surface area (Å²) in [4.78, 5) is 11.7. The molecule has 5 heteroatoms. The van der Waals surface area contributed by atoms with E-state index >= 15 is 0 Å². The maximum atomic E-state index is 11.7. The molecule has 0 aliphatic heterocycles. The Kier molecular flexibility index (Phi) is 5.14. The Morgan fingerprint density at radius 1 is 1.33 bits per heavy atom. The Labute approximate surface area is 109 Å². The second-order valence-corrected chi connectivity index (χ2v) is 7.11. The number of Topliss-reactive ketones (excluding diaryl/α,β-unsaturated/α-hetero) is 1. The molecule has 1 heterocycles. The van der Waals surface area contributed by atoms with E-state index in [0.717, 1.165) is 0 Å². The molecule has 0 fully saturated rings. The van der Waals surface area contributed by atoms with E-state index in [1.54, 1.807) is 23.0 Å². The van der Waals surface area contributed by atoms with Gasteiger partial charge >= 0.3 is 0 Å². The molecule has 0 spiro atoms. The van der Waals surface area contributed by atoms with Crippen LogP contribution < -0.4 is 0 Å². The van der Waals surface area contributed by atoms with E-state index in [2.05, 4.69) is 0 Å². The second-order valence-electron chi connectivity index (χ2n) is 4.81. The maximum Gasteiger partial charge on any atom is 0.166 e. The number of nitrogens with zero attached hydrogens (tertiary/aromatic N) is 1. The van der Waals surface area contributed by atoms with Crippen molar-refractivity contribution in [1.82, 2.24) is 4.57 Å². The number of hydrogen-bond acceptors (Lipinski definition) is 3. The van der Waals surface area contributed by atoms with E-state index in [9.17, 15) is 13.2 Å². The second kappa shape index (κ2) is 6.18. The van der Waals surface area contributed by atoms with Crippen molar-refractivity contribution >= 4 is 15.6 Å². The monoisotopic (exact) mass is 271 g/mol. The zero-order valence-corrected chi connectivity index (χ0v) is 12.0. The maximum absolute atomic E-state index is 11.7. The number of sulfone groups is 1. The van der Waals surface area contributed by atoms with Crippen molar-refractivity contribution in [2.24, 2.45) is 5.92 Å². The molecular weight excluding hydrogens is 250 g/mol. The summed E-state index contributed by atoms with van der Waals surface area (Å²) in [6.45, 7) is 5.97. The van der Waals surface area contributed by atoms with E-state index < -0.39 is 9.84 Å². The van der Waals surface area contributed by atoms with Crippen LogP contribution in [0.2, 0.25) is 0 Å².